The maximum atomic E-state index is 13.2. The molecule has 0 saturated heterocycles. The molecule has 0 amide bonds. The van der Waals surface area contributed by atoms with Gasteiger partial charge in [-0.1, -0.05) is 0 Å². The van der Waals surface area contributed by atoms with Gasteiger partial charge in [0.15, 0.2) is 5.75 Å². The van der Waals surface area contributed by atoms with Gasteiger partial charge in [-0.05, 0) is 13.8 Å². The fraction of sp³-hybridized carbons (Fsp3) is 0.400. The molecule has 0 aliphatic rings. The average molecular weight is 286 g/mol. The van der Waals surface area contributed by atoms with Crippen molar-refractivity contribution in [3.63, 3.8) is 0 Å². The van der Waals surface area contributed by atoms with Gasteiger partial charge in [0.1, 0.15) is 17.1 Å². The van der Waals surface area contributed by atoms with Crippen LogP contribution in [0.3, 0.4) is 0 Å². The van der Waals surface area contributed by atoms with Gasteiger partial charge in [-0.2, -0.15) is 8.78 Å². The van der Waals surface area contributed by atoms with E-state index in [2.05, 4.69) is 4.74 Å². The van der Waals surface area contributed by atoms with Crippen LogP contribution in [0.25, 0.3) is 0 Å². The molecule has 102 valence electrons. The van der Waals surface area contributed by atoms with Gasteiger partial charge in [0.2, 0.25) is 29.1 Å². The highest BCUT2D eigenvalue weighted by Gasteiger charge is 2.28. The molecule has 0 fully saturated rings. The molecule has 2 nitrogen and oxygen atoms in total. The topological polar surface area (TPSA) is 18.5 Å². The van der Waals surface area contributed by atoms with Gasteiger partial charge in [-0.25, -0.2) is 13.2 Å². The molecule has 0 atom stereocenters. The first kappa shape index (κ1) is 14.9. The third-order valence-corrected chi connectivity index (χ3v) is 3.39. The molecule has 0 heterocycles. The van der Waals surface area contributed by atoms with Crippen LogP contribution in [0.15, 0.2) is 0 Å². The van der Waals surface area contributed by atoms with Gasteiger partial charge in [0.25, 0.3) is 0 Å². The van der Waals surface area contributed by atoms with Gasteiger partial charge in [0, 0.05) is 0 Å². The summed E-state index contributed by atoms with van der Waals surface area (Å²) in [5.41, 5.74) is -0.869. The minimum absolute atomic E-state index is 0.338. The number of halogens is 5. The minimum atomic E-state index is -2.21. The highest BCUT2D eigenvalue weighted by molar-refractivity contribution is 5.98. The highest BCUT2D eigenvalue weighted by Crippen LogP contribution is 2.29. The van der Waals surface area contributed by atoms with Crippen molar-refractivity contribution in [3.8, 4) is 5.75 Å². The van der Waals surface area contributed by atoms with E-state index in [9.17, 15) is 22.0 Å². The van der Waals surface area contributed by atoms with E-state index in [4.69, 9.17) is 4.43 Å². The number of hydrogen-bond donors (Lipinski definition) is 0. The molecule has 0 saturated carbocycles. The lowest BCUT2D eigenvalue weighted by molar-refractivity contribution is 0.0560. The number of hydrogen-bond acceptors (Lipinski definition) is 2. The summed E-state index contributed by atoms with van der Waals surface area (Å²) in [5.74, 6) is -11.6. The Morgan fingerprint density at radius 3 is 1.67 bits per heavy atom. The Morgan fingerprint density at radius 2 is 1.28 bits per heavy atom. The maximum absolute atomic E-state index is 13.2. The van der Waals surface area contributed by atoms with Crippen LogP contribution in [0, 0.1) is 29.1 Å². The third-order valence-electron chi connectivity index (χ3n) is 2.29. The van der Waals surface area contributed by atoms with Crippen LogP contribution in [-0.4, -0.2) is 22.7 Å². The van der Waals surface area contributed by atoms with Gasteiger partial charge < -0.3 is 9.16 Å². The zero-order valence-corrected chi connectivity index (χ0v) is 11.9. The smallest absolute Gasteiger partial charge is 0.206 e. The van der Waals surface area contributed by atoms with E-state index in [-0.39, 0.29) is 6.61 Å². The predicted octanol–water partition coefficient (Wildman–Crippen LogP) is 1.84. The van der Waals surface area contributed by atoms with Crippen LogP contribution in [-0.2, 0) is 4.43 Å². The third kappa shape index (κ3) is 2.81. The Labute approximate surface area is 103 Å². The van der Waals surface area contributed by atoms with Crippen molar-refractivity contribution in [2.75, 3.05) is 6.61 Å². The normalized spacial score (nSPS) is 11.9. The SMILES string of the molecule is CC(C)(COc1c(F)c(F)c(F)c(F)c1F)O[SiH3]. The van der Waals surface area contributed by atoms with Crippen molar-refractivity contribution in [2.45, 2.75) is 19.4 Å². The van der Waals surface area contributed by atoms with Crippen molar-refractivity contribution < 1.29 is 31.1 Å². The Bertz CT molecular complexity index is 435. The molecule has 8 heteroatoms. The fourth-order valence-corrected chi connectivity index (χ4v) is 1.13. The quantitative estimate of drug-likeness (QED) is 0.364. The fourth-order valence-electron chi connectivity index (χ4n) is 1.02. The first-order valence-electron chi connectivity index (χ1n) is 4.90. The standard InChI is InChI=1S/C10H11F5O2Si/c1-10(2,17-18)3-16-9-7(14)5(12)4(11)6(13)8(9)15/h3H2,1-2,18H3. The first-order chi connectivity index (χ1) is 8.21. The lowest BCUT2D eigenvalue weighted by Crippen LogP contribution is -2.32. The molecule has 0 spiro atoms. The lowest BCUT2D eigenvalue weighted by atomic mass is 10.2. The van der Waals surface area contributed by atoms with Gasteiger partial charge in [-0.15, -0.1) is 0 Å². The molecular weight excluding hydrogens is 275 g/mol. The molecule has 0 aliphatic carbocycles. The molecule has 1 aromatic carbocycles. The second kappa shape index (κ2) is 5.23. The van der Waals surface area contributed by atoms with E-state index < -0.39 is 40.4 Å². The summed E-state index contributed by atoms with van der Waals surface area (Å²) < 4.78 is 74.5. The molecule has 1 aromatic rings. The van der Waals surface area contributed by atoms with Gasteiger partial charge in [-0.3, -0.25) is 0 Å². The Kier molecular flexibility index (Phi) is 4.33. The summed E-state index contributed by atoms with van der Waals surface area (Å²) in [7, 11) is 0.340. The largest absolute Gasteiger partial charge is 0.484 e. The van der Waals surface area contributed by atoms with Crippen molar-refractivity contribution >= 4 is 10.5 Å². The maximum Gasteiger partial charge on any atom is 0.206 e. The molecule has 18 heavy (non-hydrogen) atoms. The van der Waals surface area contributed by atoms with Crippen molar-refractivity contribution in [2.24, 2.45) is 0 Å². The second-order valence-corrected chi connectivity index (χ2v) is 4.56. The van der Waals surface area contributed by atoms with E-state index in [1.807, 2.05) is 0 Å². The van der Waals surface area contributed by atoms with Crippen LogP contribution >= 0.6 is 0 Å². The molecular formula is C10H11F5O2Si. The van der Waals surface area contributed by atoms with Crippen LogP contribution in [0.4, 0.5) is 22.0 Å². The van der Waals surface area contributed by atoms with E-state index in [0.717, 1.165) is 0 Å². The predicted molar refractivity (Wildman–Crippen MR) is 56.8 cm³/mol. The number of benzene rings is 1. The molecule has 0 unspecified atom stereocenters. The molecule has 0 N–H and O–H groups in total. The van der Waals surface area contributed by atoms with E-state index >= 15 is 0 Å². The van der Waals surface area contributed by atoms with Crippen LogP contribution in [0.1, 0.15) is 13.8 Å². The lowest BCUT2D eigenvalue weighted by Gasteiger charge is -2.24. The summed E-state index contributed by atoms with van der Waals surface area (Å²) in [5, 5.41) is 0. The summed E-state index contributed by atoms with van der Waals surface area (Å²) in [4.78, 5) is 0. The van der Waals surface area contributed by atoms with Crippen molar-refractivity contribution in [1.82, 2.24) is 0 Å². The zero-order chi connectivity index (χ0) is 14.1. The molecule has 1 rings (SSSR count). The molecule has 0 aliphatic heterocycles. The summed E-state index contributed by atoms with van der Waals surface area (Å²) in [6.45, 7) is 2.78. The molecule has 0 aromatic heterocycles. The van der Waals surface area contributed by atoms with E-state index in [1.165, 1.54) is 0 Å². The van der Waals surface area contributed by atoms with Gasteiger partial charge in [0.05, 0.1) is 5.60 Å². The van der Waals surface area contributed by atoms with E-state index in [1.54, 1.807) is 13.8 Å². The first-order valence-corrected chi connectivity index (χ1v) is 5.72. The summed E-state index contributed by atoms with van der Waals surface area (Å²) in [6, 6.07) is 0. The Hall–Kier alpha value is -1.15. The monoisotopic (exact) mass is 286 g/mol. The molecule has 0 radical (unpaired) electrons. The van der Waals surface area contributed by atoms with Gasteiger partial charge >= 0.3 is 0 Å². The second-order valence-electron chi connectivity index (χ2n) is 4.15. The van der Waals surface area contributed by atoms with Crippen molar-refractivity contribution in [1.29, 1.82) is 0 Å². The average Bonchev–Trinajstić information content (AvgIpc) is 2.34. The summed E-state index contributed by atoms with van der Waals surface area (Å²) >= 11 is 0. The van der Waals surface area contributed by atoms with Crippen LogP contribution in [0.5, 0.6) is 5.75 Å². The Balaban J connectivity index is 3.11. The number of ether oxygens (including phenoxy) is 1. The van der Waals surface area contributed by atoms with Crippen LogP contribution < -0.4 is 4.74 Å². The molecule has 0 bridgehead atoms. The Morgan fingerprint density at radius 1 is 0.889 bits per heavy atom. The minimum Gasteiger partial charge on any atom is -0.484 e. The van der Waals surface area contributed by atoms with Crippen LogP contribution in [0.2, 0.25) is 0 Å². The number of rotatable bonds is 4. The zero-order valence-electron chi connectivity index (χ0n) is 9.91. The highest BCUT2D eigenvalue weighted by atomic mass is 28.2. The van der Waals surface area contributed by atoms with E-state index in [0.29, 0.717) is 10.5 Å². The van der Waals surface area contributed by atoms with Crippen molar-refractivity contribution in [3.05, 3.63) is 29.1 Å². The summed E-state index contributed by atoms with van der Waals surface area (Å²) in [6.07, 6.45) is 0.